The molecule has 1 fully saturated rings. The third kappa shape index (κ3) is 4.12. The summed E-state index contributed by atoms with van der Waals surface area (Å²) in [7, 11) is 0. The predicted molar refractivity (Wildman–Crippen MR) is 67.4 cm³/mol. The molecule has 0 aliphatic carbocycles. The maximum atomic E-state index is 11.9. The summed E-state index contributed by atoms with van der Waals surface area (Å²) in [5, 5.41) is 3.37. The van der Waals surface area contributed by atoms with E-state index in [4.69, 9.17) is 0 Å². The van der Waals surface area contributed by atoms with Crippen LogP contribution < -0.4 is 5.32 Å². The maximum absolute atomic E-state index is 11.9. The third-order valence-electron chi connectivity index (χ3n) is 3.55. The van der Waals surface area contributed by atoms with E-state index in [1.54, 1.807) is 0 Å². The molecule has 0 aromatic rings. The number of carbonyl (C=O) groups is 1. The van der Waals surface area contributed by atoms with Gasteiger partial charge < -0.3 is 10.2 Å². The number of carbonyl (C=O) groups excluding carboxylic acids is 1. The Morgan fingerprint density at radius 2 is 2.19 bits per heavy atom. The molecule has 0 bridgehead atoms. The molecule has 0 aromatic heterocycles. The second-order valence-corrected chi connectivity index (χ2v) is 4.90. The first-order valence-corrected chi connectivity index (χ1v) is 6.68. The number of rotatable bonds is 5. The molecule has 16 heavy (non-hydrogen) atoms. The van der Waals surface area contributed by atoms with Crippen molar-refractivity contribution in [2.75, 3.05) is 19.6 Å². The van der Waals surface area contributed by atoms with E-state index in [9.17, 15) is 4.79 Å². The van der Waals surface area contributed by atoms with Gasteiger partial charge in [-0.3, -0.25) is 4.79 Å². The standard InChI is InChI=1S/C13H26N2O/c1-4-12-6-7-13(16)15(9-8-12)10-11(3)14-5-2/h11-12,14H,4-10H2,1-3H3. The molecule has 3 heteroatoms. The van der Waals surface area contributed by atoms with Gasteiger partial charge in [0, 0.05) is 25.6 Å². The van der Waals surface area contributed by atoms with Crippen LogP contribution >= 0.6 is 0 Å². The lowest BCUT2D eigenvalue weighted by atomic mass is 9.98. The highest BCUT2D eigenvalue weighted by atomic mass is 16.2. The summed E-state index contributed by atoms with van der Waals surface area (Å²) in [5.74, 6) is 1.10. The zero-order valence-corrected chi connectivity index (χ0v) is 11.0. The summed E-state index contributed by atoms with van der Waals surface area (Å²) in [5.41, 5.74) is 0. The molecule has 2 atom stereocenters. The minimum atomic E-state index is 0.348. The Labute approximate surface area is 99.6 Å². The van der Waals surface area contributed by atoms with Crippen LogP contribution in [0.3, 0.4) is 0 Å². The molecule has 0 aromatic carbocycles. The molecule has 0 spiro atoms. The van der Waals surface area contributed by atoms with E-state index < -0.39 is 0 Å². The zero-order chi connectivity index (χ0) is 12.0. The number of nitrogens with zero attached hydrogens (tertiary/aromatic N) is 1. The lowest BCUT2D eigenvalue weighted by molar-refractivity contribution is -0.131. The lowest BCUT2D eigenvalue weighted by Crippen LogP contribution is -2.42. The van der Waals surface area contributed by atoms with Crippen molar-refractivity contribution in [3.63, 3.8) is 0 Å². The normalized spacial score (nSPS) is 24.3. The van der Waals surface area contributed by atoms with Crippen LogP contribution in [0.25, 0.3) is 0 Å². The molecule has 1 amide bonds. The predicted octanol–water partition coefficient (Wildman–Crippen LogP) is 2.02. The fraction of sp³-hybridized carbons (Fsp3) is 0.923. The number of likely N-dealkylation sites (tertiary alicyclic amines) is 1. The summed E-state index contributed by atoms with van der Waals surface area (Å²) in [6.07, 6.45) is 4.23. The van der Waals surface area contributed by atoms with Crippen molar-refractivity contribution >= 4 is 5.91 Å². The monoisotopic (exact) mass is 226 g/mol. The van der Waals surface area contributed by atoms with Crippen LogP contribution in [-0.4, -0.2) is 36.5 Å². The summed E-state index contributed by atoms with van der Waals surface area (Å²) in [6, 6.07) is 0.409. The van der Waals surface area contributed by atoms with Gasteiger partial charge in [-0.05, 0) is 32.2 Å². The van der Waals surface area contributed by atoms with Gasteiger partial charge in [-0.2, -0.15) is 0 Å². The van der Waals surface area contributed by atoms with Crippen molar-refractivity contribution in [2.45, 2.75) is 52.5 Å². The Balaban J connectivity index is 2.43. The number of hydrogen-bond acceptors (Lipinski definition) is 2. The Morgan fingerprint density at radius 1 is 1.44 bits per heavy atom. The van der Waals surface area contributed by atoms with Crippen molar-refractivity contribution in [1.82, 2.24) is 10.2 Å². The Kier molecular flexibility index (Phi) is 5.81. The quantitative estimate of drug-likeness (QED) is 0.778. The molecule has 3 nitrogen and oxygen atoms in total. The first-order valence-electron chi connectivity index (χ1n) is 6.68. The summed E-state index contributed by atoms with van der Waals surface area (Å²) in [4.78, 5) is 14.0. The molecule has 0 radical (unpaired) electrons. The van der Waals surface area contributed by atoms with Gasteiger partial charge in [-0.1, -0.05) is 20.3 Å². The van der Waals surface area contributed by atoms with Crippen LogP contribution in [0, 0.1) is 5.92 Å². The van der Waals surface area contributed by atoms with Crippen molar-refractivity contribution < 1.29 is 4.79 Å². The molecule has 1 N–H and O–H groups in total. The molecule has 1 saturated heterocycles. The van der Waals surface area contributed by atoms with Gasteiger partial charge in [0.2, 0.25) is 5.91 Å². The zero-order valence-electron chi connectivity index (χ0n) is 11.0. The first-order chi connectivity index (χ1) is 7.67. The highest BCUT2D eigenvalue weighted by molar-refractivity contribution is 5.76. The lowest BCUT2D eigenvalue weighted by Gasteiger charge is -2.25. The molecule has 1 aliphatic rings. The van der Waals surface area contributed by atoms with Crippen LogP contribution in [-0.2, 0) is 4.79 Å². The number of amides is 1. The van der Waals surface area contributed by atoms with Crippen molar-refractivity contribution in [3.05, 3.63) is 0 Å². The average Bonchev–Trinajstić information content (AvgIpc) is 2.43. The van der Waals surface area contributed by atoms with Crippen LogP contribution in [0.1, 0.15) is 46.5 Å². The van der Waals surface area contributed by atoms with Crippen LogP contribution in [0.15, 0.2) is 0 Å². The van der Waals surface area contributed by atoms with Crippen LogP contribution in [0.2, 0.25) is 0 Å². The largest absolute Gasteiger partial charge is 0.341 e. The highest BCUT2D eigenvalue weighted by Crippen LogP contribution is 2.20. The fourth-order valence-electron chi connectivity index (χ4n) is 2.44. The first kappa shape index (κ1) is 13.5. The third-order valence-corrected chi connectivity index (χ3v) is 3.55. The highest BCUT2D eigenvalue weighted by Gasteiger charge is 2.22. The molecular weight excluding hydrogens is 200 g/mol. The van der Waals surface area contributed by atoms with Crippen molar-refractivity contribution in [3.8, 4) is 0 Å². The van der Waals surface area contributed by atoms with Gasteiger partial charge in [0.05, 0.1) is 0 Å². The van der Waals surface area contributed by atoms with E-state index in [-0.39, 0.29) is 0 Å². The van der Waals surface area contributed by atoms with Gasteiger partial charge in [-0.25, -0.2) is 0 Å². The second-order valence-electron chi connectivity index (χ2n) is 4.90. The maximum Gasteiger partial charge on any atom is 0.222 e. The Bertz CT molecular complexity index is 218. The van der Waals surface area contributed by atoms with Crippen LogP contribution in [0.5, 0.6) is 0 Å². The Morgan fingerprint density at radius 3 is 2.81 bits per heavy atom. The minimum Gasteiger partial charge on any atom is -0.341 e. The van der Waals surface area contributed by atoms with E-state index in [0.717, 1.165) is 38.4 Å². The summed E-state index contributed by atoms with van der Waals surface area (Å²) in [6.45, 7) is 9.27. The molecule has 1 rings (SSSR count). The van der Waals surface area contributed by atoms with E-state index in [0.29, 0.717) is 11.9 Å². The van der Waals surface area contributed by atoms with Crippen molar-refractivity contribution in [2.24, 2.45) is 5.92 Å². The van der Waals surface area contributed by atoms with Crippen molar-refractivity contribution in [1.29, 1.82) is 0 Å². The number of hydrogen-bond donors (Lipinski definition) is 1. The van der Waals surface area contributed by atoms with E-state index in [1.807, 2.05) is 4.90 Å². The molecule has 1 heterocycles. The van der Waals surface area contributed by atoms with Gasteiger partial charge in [0.15, 0.2) is 0 Å². The number of nitrogens with one attached hydrogen (secondary N) is 1. The van der Waals surface area contributed by atoms with E-state index in [2.05, 4.69) is 26.1 Å². The smallest absolute Gasteiger partial charge is 0.222 e. The molecule has 0 saturated carbocycles. The van der Waals surface area contributed by atoms with Crippen LogP contribution in [0.4, 0.5) is 0 Å². The topological polar surface area (TPSA) is 32.3 Å². The number of likely N-dealkylation sites (N-methyl/N-ethyl adjacent to an activating group) is 1. The average molecular weight is 226 g/mol. The van der Waals surface area contributed by atoms with Gasteiger partial charge in [-0.15, -0.1) is 0 Å². The summed E-state index contributed by atoms with van der Waals surface area (Å²) >= 11 is 0. The minimum absolute atomic E-state index is 0.348. The van der Waals surface area contributed by atoms with Gasteiger partial charge >= 0.3 is 0 Å². The van der Waals surface area contributed by atoms with Gasteiger partial charge in [0.1, 0.15) is 0 Å². The fourth-order valence-corrected chi connectivity index (χ4v) is 2.44. The Hall–Kier alpha value is -0.570. The molecular formula is C13H26N2O. The molecule has 94 valence electrons. The van der Waals surface area contributed by atoms with Gasteiger partial charge in [0.25, 0.3) is 0 Å². The molecule has 1 aliphatic heterocycles. The summed E-state index contributed by atoms with van der Waals surface area (Å²) < 4.78 is 0. The van der Waals surface area contributed by atoms with E-state index in [1.165, 1.54) is 12.8 Å². The van der Waals surface area contributed by atoms with E-state index >= 15 is 0 Å². The molecule has 2 unspecified atom stereocenters. The second kappa shape index (κ2) is 6.89. The SMILES string of the molecule is CCNC(C)CN1CCC(CC)CCC1=O.